The molecule has 2 unspecified atom stereocenters. The summed E-state index contributed by atoms with van der Waals surface area (Å²) in [6.07, 6.45) is 40.5. The number of phosphoric acid groups is 1. The average Bonchev–Trinajstić information content (AvgIpc) is 3.19. The number of rotatable bonds is 42. The van der Waals surface area contributed by atoms with Gasteiger partial charge in [0.25, 0.3) is 7.82 Å². The third-order valence-electron chi connectivity index (χ3n) is 11.9. The predicted octanol–water partition coefficient (Wildman–Crippen LogP) is 13.1. The lowest BCUT2D eigenvalue weighted by Gasteiger charge is -2.38. The maximum Gasteiger partial charge on any atom is 0.306 e. The first kappa shape index (κ1) is 54.0. The van der Waals surface area contributed by atoms with E-state index in [9.17, 15) is 19.0 Å². The number of carbonyl (C=O) groups excluding carboxylic acids is 2. The number of ether oxygens (including phenoxy) is 2. The van der Waals surface area contributed by atoms with Gasteiger partial charge >= 0.3 is 11.9 Å². The van der Waals surface area contributed by atoms with Gasteiger partial charge in [-0.3, -0.25) is 14.2 Å². The molecule has 0 aromatic carbocycles. The van der Waals surface area contributed by atoms with Crippen LogP contribution in [0.5, 0.6) is 0 Å². The Labute approximate surface area is 352 Å². The Hall–Kier alpha value is -0.990. The van der Waals surface area contributed by atoms with Gasteiger partial charge in [-0.05, 0) is 32.1 Å². The number of piperidine rings is 1. The molecule has 9 nitrogen and oxygen atoms in total. The van der Waals surface area contributed by atoms with E-state index in [0.29, 0.717) is 19.4 Å². The fourth-order valence-electron chi connectivity index (χ4n) is 7.98. The number of quaternary nitrogens is 1. The second kappa shape index (κ2) is 38.0. The number of unbranched alkanes of at least 4 members (excludes halogenated alkanes) is 28. The summed E-state index contributed by atoms with van der Waals surface area (Å²) in [5, 5.41) is 0. The van der Waals surface area contributed by atoms with Gasteiger partial charge in [0.2, 0.25) is 0 Å². The van der Waals surface area contributed by atoms with E-state index < -0.39 is 26.5 Å². The molecule has 0 bridgehead atoms. The second-order valence-corrected chi connectivity index (χ2v) is 19.0. The molecule has 0 radical (unpaired) electrons. The van der Waals surface area contributed by atoms with Crippen LogP contribution in [0.15, 0.2) is 0 Å². The molecule has 0 spiro atoms. The van der Waals surface area contributed by atoms with Crippen LogP contribution in [0, 0.1) is 0 Å². The summed E-state index contributed by atoms with van der Waals surface area (Å²) in [7, 11) is -2.50. The highest BCUT2D eigenvalue weighted by Gasteiger charge is 2.26. The van der Waals surface area contributed by atoms with Crippen LogP contribution in [-0.2, 0) is 32.7 Å². The first-order valence-electron chi connectivity index (χ1n) is 24.5. The second-order valence-electron chi connectivity index (χ2n) is 17.6. The fourth-order valence-corrected chi connectivity index (χ4v) is 8.71. The van der Waals surface area contributed by atoms with Crippen molar-refractivity contribution in [3.63, 3.8) is 0 Å². The van der Waals surface area contributed by atoms with E-state index in [2.05, 4.69) is 20.9 Å². The Kier molecular flexibility index (Phi) is 36.0. The maximum absolute atomic E-state index is 12.8. The van der Waals surface area contributed by atoms with Crippen molar-refractivity contribution >= 4 is 19.8 Å². The van der Waals surface area contributed by atoms with Gasteiger partial charge in [-0.1, -0.05) is 194 Å². The van der Waals surface area contributed by atoms with E-state index in [0.717, 1.165) is 62.5 Å². The first-order chi connectivity index (χ1) is 27.7. The number of hydrogen-bond acceptors (Lipinski definition) is 8. The Bertz CT molecular complexity index is 975. The SMILES string of the molecule is CCCCCCCCCCCCCCCCCC(=O)OCC(COP(=O)([O-])OCC[N+]1(C)CCCCC1)OC(=O)CCCCCCCCCCCCCCCCC. The van der Waals surface area contributed by atoms with Crippen molar-refractivity contribution in [1.29, 1.82) is 0 Å². The smallest absolute Gasteiger partial charge is 0.306 e. The van der Waals surface area contributed by atoms with Gasteiger partial charge in [0.1, 0.15) is 19.8 Å². The molecular weight excluding hydrogens is 737 g/mol. The standard InChI is InChI=1S/C47H92NO8P/c1-4-6-8-10-12-14-16-18-20-22-24-26-28-30-33-37-46(49)53-43-45(44-55-57(51,52)54-42-41-48(3)39-35-32-36-40-48)56-47(50)38-34-31-29-27-25-23-21-19-17-15-13-11-9-7-5-2/h45H,4-44H2,1-3H3. The molecule has 0 amide bonds. The van der Waals surface area contributed by atoms with Crippen molar-refractivity contribution in [1.82, 2.24) is 0 Å². The minimum absolute atomic E-state index is 0.0369. The zero-order chi connectivity index (χ0) is 41.6. The summed E-state index contributed by atoms with van der Waals surface area (Å²) in [5.41, 5.74) is 0. The number of likely N-dealkylation sites (tertiary alicyclic amines) is 1. The summed E-state index contributed by atoms with van der Waals surface area (Å²) in [6, 6.07) is 0. The van der Waals surface area contributed by atoms with Gasteiger partial charge in [-0.2, -0.15) is 0 Å². The lowest BCUT2D eigenvalue weighted by molar-refractivity contribution is -0.914. The van der Waals surface area contributed by atoms with Crippen molar-refractivity contribution in [3.05, 3.63) is 0 Å². The van der Waals surface area contributed by atoms with Crippen molar-refractivity contribution < 1.29 is 42.1 Å². The van der Waals surface area contributed by atoms with E-state index in [1.807, 2.05) is 0 Å². The molecule has 57 heavy (non-hydrogen) atoms. The molecule has 0 aromatic heterocycles. The number of likely N-dealkylation sites (N-methyl/N-ethyl adjacent to an activating group) is 1. The quantitative estimate of drug-likeness (QED) is 0.0259. The Morgan fingerprint density at radius 1 is 0.526 bits per heavy atom. The molecule has 2 atom stereocenters. The molecule has 0 aromatic rings. The van der Waals surface area contributed by atoms with Gasteiger partial charge in [0.15, 0.2) is 6.10 Å². The summed E-state index contributed by atoms with van der Waals surface area (Å²) >= 11 is 0. The number of nitrogens with zero attached hydrogens (tertiary/aromatic N) is 1. The van der Waals surface area contributed by atoms with Gasteiger partial charge < -0.3 is 27.9 Å². The zero-order valence-electron chi connectivity index (χ0n) is 37.7. The molecule has 1 aliphatic heterocycles. The average molecular weight is 830 g/mol. The molecule has 0 aliphatic carbocycles. The van der Waals surface area contributed by atoms with Crippen LogP contribution in [0.1, 0.15) is 239 Å². The van der Waals surface area contributed by atoms with Gasteiger partial charge in [-0.15, -0.1) is 0 Å². The molecule has 338 valence electrons. The lowest BCUT2D eigenvalue weighted by Crippen LogP contribution is -2.49. The van der Waals surface area contributed by atoms with Crippen LogP contribution in [0.4, 0.5) is 0 Å². The van der Waals surface area contributed by atoms with Crippen LogP contribution < -0.4 is 4.89 Å². The number of hydrogen-bond donors (Lipinski definition) is 0. The molecule has 0 N–H and O–H groups in total. The Morgan fingerprint density at radius 2 is 0.895 bits per heavy atom. The third kappa shape index (κ3) is 35.5. The highest BCUT2D eigenvalue weighted by molar-refractivity contribution is 7.45. The number of phosphoric ester groups is 1. The van der Waals surface area contributed by atoms with Crippen LogP contribution in [0.2, 0.25) is 0 Å². The largest absolute Gasteiger partial charge is 0.756 e. The monoisotopic (exact) mass is 830 g/mol. The van der Waals surface area contributed by atoms with Gasteiger partial charge in [-0.25, -0.2) is 0 Å². The van der Waals surface area contributed by atoms with Crippen molar-refractivity contribution in [3.8, 4) is 0 Å². The minimum Gasteiger partial charge on any atom is -0.756 e. The topological polar surface area (TPSA) is 111 Å². The molecule has 10 heteroatoms. The van der Waals surface area contributed by atoms with Crippen LogP contribution in [0.3, 0.4) is 0 Å². The summed E-state index contributed by atoms with van der Waals surface area (Å²) in [6.45, 7) is 6.49. The summed E-state index contributed by atoms with van der Waals surface area (Å²) in [5.74, 6) is -0.797. The van der Waals surface area contributed by atoms with Crippen molar-refractivity contribution in [2.24, 2.45) is 0 Å². The molecule has 1 aliphatic rings. The van der Waals surface area contributed by atoms with E-state index in [1.165, 1.54) is 161 Å². The van der Waals surface area contributed by atoms with Gasteiger partial charge in [0, 0.05) is 12.8 Å². The minimum atomic E-state index is -4.63. The summed E-state index contributed by atoms with van der Waals surface area (Å²) in [4.78, 5) is 38.0. The molecule has 1 rings (SSSR count). The lowest BCUT2D eigenvalue weighted by atomic mass is 10.0. The molecule has 1 heterocycles. The van der Waals surface area contributed by atoms with E-state index in [4.69, 9.17) is 18.5 Å². The number of carbonyl (C=O) groups is 2. The predicted molar refractivity (Wildman–Crippen MR) is 234 cm³/mol. The van der Waals surface area contributed by atoms with Gasteiger partial charge in [0.05, 0.1) is 26.7 Å². The Balaban J connectivity index is 2.30. The van der Waals surface area contributed by atoms with Crippen LogP contribution in [0.25, 0.3) is 0 Å². The molecular formula is C47H92NO8P. The van der Waals surface area contributed by atoms with E-state index in [-0.39, 0.29) is 25.6 Å². The summed E-state index contributed by atoms with van der Waals surface area (Å²) < 4.78 is 34.8. The van der Waals surface area contributed by atoms with Crippen molar-refractivity contribution in [2.45, 2.75) is 245 Å². The van der Waals surface area contributed by atoms with Crippen LogP contribution >= 0.6 is 7.82 Å². The molecule has 0 saturated carbocycles. The molecule has 1 saturated heterocycles. The maximum atomic E-state index is 12.8. The third-order valence-corrected chi connectivity index (χ3v) is 12.9. The first-order valence-corrected chi connectivity index (χ1v) is 25.9. The normalized spacial score (nSPS) is 15.6. The zero-order valence-corrected chi connectivity index (χ0v) is 38.6. The fraction of sp³-hybridized carbons (Fsp3) is 0.957. The number of esters is 2. The highest BCUT2D eigenvalue weighted by Crippen LogP contribution is 2.38. The van der Waals surface area contributed by atoms with Crippen LogP contribution in [-0.4, -0.2) is 69.0 Å². The van der Waals surface area contributed by atoms with Crippen molar-refractivity contribution in [2.75, 3.05) is 46.5 Å². The van der Waals surface area contributed by atoms with E-state index >= 15 is 0 Å². The highest BCUT2D eigenvalue weighted by atomic mass is 31.2. The Morgan fingerprint density at radius 3 is 1.30 bits per heavy atom. The van der Waals surface area contributed by atoms with E-state index in [1.54, 1.807) is 0 Å². The molecule has 1 fully saturated rings.